The maximum Gasteiger partial charge on any atom is 0.211 e. The number of aliphatic hydroxyl groups is 1. The van der Waals surface area contributed by atoms with E-state index in [1.165, 1.54) is 18.2 Å². The van der Waals surface area contributed by atoms with Crippen molar-refractivity contribution in [1.29, 1.82) is 1.43 Å². The normalized spacial score (nSPS) is 46.1. The van der Waals surface area contributed by atoms with Crippen molar-refractivity contribution in [1.82, 2.24) is 4.90 Å². The zero-order chi connectivity index (χ0) is 24.8. The van der Waals surface area contributed by atoms with Crippen LogP contribution in [0.3, 0.4) is 0 Å². The summed E-state index contributed by atoms with van der Waals surface area (Å²) in [4.78, 5) is 0.144. The Hall–Kier alpha value is -1.06. The van der Waals surface area contributed by atoms with Crippen LogP contribution in [0.1, 0.15) is 47.6 Å². The lowest BCUT2D eigenvalue weighted by atomic mass is 9.71. The largest absolute Gasteiger partial charge is 0.497 e. The van der Waals surface area contributed by atoms with Crippen molar-refractivity contribution in [2.24, 2.45) is 5.89 Å². The molecule has 0 aromatic heterocycles. The summed E-state index contributed by atoms with van der Waals surface area (Å²) in [6, 6.07) is 5.03. The summed E-state index contributed by atoms with van der Waals surface area (Å²) >= 11 is 0. The van der Waals surface area contributed by atoms with E-state index in [9.17, 15) is 0 Å². The Balaban J connectivity index is 2.71. The molecule has 1 aliphatic rings. The smallest absolute Gasteiger partial charge is 0.211 e. The summed E-state index contributed by atoms with van der Waals surface area (Å²) in [5.74, 6) is -2.44. The van der Waals surface area contributed by atoms with E-state index in [1.54, 1.807) is 0 Å². The first-order valence-corrected chi connectivity index (χ1v) is 6.01. The summed E-state index contributed by atoms with van der Waals surface area (Å²) in [7, 11) is -2.82. The van der Waals surface area contributed by atoms with Gasteiger partial charge >= 0.3 is 0 Å². The summed E-state index contributed by atoms with van der Waals surface area (Å²) in [6.45, 7) is -7.23. The highest BCUT2D eigenvalue weighted by atomic mass is 16.5. The SMILES string of the molecule is [2H]O[C@@]1(c2cccc(OC([2H])([2H])[2H])c2)C([2H])([2H])CCC[C@@]1([2H])CN(C([2H])([2H])[2H])C([2H])([2H])[2H]. The van der Waals surface area contributed by atoms with Crippen molar-refractivity contribution in [3.63, 3.8) is 0 Å². The Morgan fingerprint density at radius 1 is 1.63 bits per heavy atom. The molecule has 0 aliphatic heterocycles. The van der Waals surface area contributed by atoms with E-state index >= 15 is 0 Å². The van der Waals surface area contributed by atoms with Gasteiger partial charge in [-0.25, -0.2) is 0 Å². The van der Waals surface area contributed by atoms with E-state index in [0.717, 1.165) is 6.07 Å². The zero-order valence-electron chi connectivity index (χ0n) is 23.4. The van der Waals surface area contributed by atoms with Crippen LogP contribution in [0.15, 0.2) is 24.3 Å². The Bertz CT molecular complexity index is 792. The summed E-state index contributed by atoms with van der Waals surface area (Å²) < 4.78 is 106. The lowest BCUT2D eigenvalue weighted by Crippen LogP contribution is -2.43. The van der Waals surface area contributed by atoms with Gasteiger partial charge < -0.3 is 14.7 Å². The lowest BCUT2D eigenvalue weighted by molar-refractivity contribution is -0.0619. The second-order valence-electron chi connectivity index (χ2n) is 4.53. The molecule has 1 aromatic rings. The van der Waals surface area contributed by atoms with Gasteiger partial charge in [0.25, 0.3) is 0 Å². The molecule has 19 heavy (non-hydrogen) atoms. The average Bonchev–Trinajstić information content (AvgIpc) is 2.56. The first kappa shape index (κ1) is 5.05. The predicted octanol–water partition coefficient (Wildman–Crippen LogP) is 2.63. The third kappa shape index (κ3) is 3.10. The van der Waals surface area contributed by atoms with Crippen molar-refractivity contribution in [3.05, 3.63) is 29.8 Å². The van der Waals surface area contributed by atoms with Crippen molar-refractivity contribution in [2.75, 3.05) is 27.5 Å². The minimum Gasteiger partial charge on any atom is -0.497 e. The molecule has 1 aromatic carbocycles. The first-order valence-electron chi connectivity index (χ1n) is 12.4. The molecule has 0 radical (unpaired) electrons. The van der Waals surface area contributed by atoms with Crippen LogP contribution in [-0.2, 0) is 5.60 Å². The van der Waals surface area contributed by atoms with E-state index in [1.807, 2.05) is 0 Å². The first-order chi connectivity index (χ1) is 14.3. The molecule has 0 bridgehead atoms. The molecule has 0 amide bonds. The second-order valence-corrected chi connectivity index (χ2v) is 4.53. The minimum atomic E-state index is -3.14. The molecule has 0 unspecified atom stereocenters. The van der Waals surface area contributed by atoms with Crippen molar-refractivity contribution < 1.29 is 26.3 Å². The predicted molar refractivity (Wildman–Crippen MR) is 77.4 cm³/mol. The standard InChI is InChI=1S/C16H25NO2/c1-17(2)12-14-7-4-5-10-16(14,18)13-8-6-9-15(11-13)19-3/h6,8-9,11,14,18H,4-5,7,10,12H2,1-3H3/t14-,16+/m0/s1/i1D3,2D3,3D3,10D2,14D,18D. The minimum absolute atomic E-state index is 0.114. The highest BCUT2D eigenvalue weighted by Crippen LogP contribution is 2.42. The maximum atomic E-state index is 9.08. The fraction of sp³-hybridized carbons (Fsp3) is 0.625. The molecule has 106 valence electrons. The fourth-order valence-electron chi connectivity index (χ4n) is 2.33. The van der Waals surface area contributed by atoms with Crippen molar-refractivity contribution in [2.45, 2.75) is 31.2 Å². The third-order valence-electron chi connectivity index (χ3n) is 3.23. The average molecular weight is 276 g/mol. The summed E-state index contributed by atoms with van der Waals surface area (Å²) in [5, 5.41) is 4.90. The number of benzene rings is 1. The van der Waals surface area contributed by atoms with Crippen molar-refractivity contribution >= 4 is 0 Å². The van der Waals surface area contributed by atoms with Crippen LogP contribution < -0.4 is 4.74 Å². The van der Waals surface area contributed by atoms with Crippen LogP contribution in [0.25, 0.3) is 0 Å². The molecular weight excluding hydrogens is 238 g/mol. The Kier molecular flexibility index (Phi) is 1.58. The third-order valence-corrected chi connectivity index (χ3v) is 3.23. The number of ether oxygens (including phenoxy) is 1. The molecule has 0 heterocycles. The Labute approximate surface area is 134 Å². The maximum absolute atomic E-state index is 9.08. The Morgan fingerprint density at radius 3 is 3.37 bits per heavy atom. The Morgan fingerprint density at radius 2 is 2.58 bits per heavy atom. The van der Waals surface area contributed by atoms with Gasteiger partial charge in [0.15, 0.2) is 0 Å². The van der Waals surface area contributed by atoms with Gasteiger partial charge in [-0.3, -0.25) is 0 Å². The van der Waals surface area contributed by atoms with Gasteiger partial charge in [-0.1, -0.05) is 25.0 Å². The van der Waals surface area contributed by atoms with Gasteiger partial charge in [0.05, 0.1) is 16.8 Å². The van der Waals surface area contributed by atoms with Crippen LogP contribution >= 0.6 is 0 Å². The van der Waals surface area contributed by atoms with Crippen LogP contribution in [0.2, 0.25) is 0 Å². The number of hydrogen-bond donors (Lipinski definition) is 1. The number of nitrogens with zero attached hydrogens (tertiary/aromatic N) is 1. The molecule has 2 rings (SSSR count). The molecule has 0 spiro atoms. The van der Waals surface area contributed by atoms with Gasteiger partial charge in [0, 0.05) is 24.8 Å². The van der Waals surface area contributed by atoms with E-state index in [0.29, 0.717) is 0 Å². The van der Waals surface area contributed by atoms with Crippen LogP contribution in [-0.4, -0.2) is 39.0 Å². The van der Waals surface area contributed by atoms with Gasteiger partial charge in [0.1, 0.15) is 5.75 Å². The molecule has 2 atom stereocenters. The van der Waals surface area contributed by atoms with Gasteiger partial charge in [-0.2, -0.15) is 0 Å². The van der Waals surface area contributed by atoms with Gasteiger partial charge in [0.2, 0.25) is 1.43 Å². The van der Waals surface area contributed by atoms with E-state index in [-0.39, 0.29) is 35.5 Å². The summed E-state index contributed by atoms with van der Waals surface area (Å²) in [5.41, 5.74) is -2.58. The highest BCUT2D eigenvalue weighted by Gasteiger charge is 2.40. The molecular formula is C16H25NO2. The van der Waals surface area contributed by atoms with Crippen LogP contribution in [0.4, 0.5) is 0 Å². The van der Waals surface area contributed by atoms with Crippen LogP contribution in [0.5, 0.6) is 5.75 Å². The van der Waals surface area contributed by atoms with Crippen LogP contribution in [0, 0.1) is 5.89 Å². The van der Waals surface area contributed by atoms with Gasteiger partial charge in [-0.15, -0.1) is 0 Å². The molecule has 0 saturated heterocycles. The molecule has 3 heteroatoms. The van der Waals surface area contributed by atoms with E-state index in [2.05, 4.69) is 0 Å². The topological polar surface area (TPSA) is 32.7 Å². The second kappa shape index (κ2) is 5.93. The molecule has 1 N–H and O–H groups in total. The monoisotopic (exact) mass is 276 g/mol. The van der Waals surface area contributed by atoms with E-state index in [4.69, 9.17) is 27.7 Å². The molecule has 1 fully saturated rings. The number of rotatable bonds is 5. The molecule has 3 nitrogen and oxygen atoms in total. The van der Waals surface area contributed by atoms with Gasteiger partial charge in [-0.05, 0) is 44.4 Å². The highest BCUT2D eigenvalue weighted by molar-refractivity contribution is 5.33. The number of methoxy groups -OCH3 is 1. The van der Waals surface area contributed by atoms with E-state index < -0.39 is 45.4 Å². The zero-order valence-corrected chi connectivity index (χ0v) is 10.4. The lowest BCUT2D eigenvalue weighted by Gasteiger charge is -2.41. The van der Waals surface area contributed by atoms with Crippen molar-refractivity contribution in [3.8, 4) is 5.75 Å². The summed E-state index contributed by atoms with van der Waals surface area (Å²) in [6.07, 6.45) is -2.61. The number of hydrogen-bond acceptors (Lipinski definition) is 3. The molecule has 1 saturated carbocycles. The quantitative estimate of drug-likeness (QED) is 0.897. The molecule has 1 aliphatic carbocycles. The fourth-order valence-corrected chi connectivity index (χ4v) is 2.33.